The van der Waals surface area contributed by atoms with Gasteiger partial charge in [0.1, 0.15) is 6.54 Å². The van der Waals surface area contributed by atoms with Crippen molar-refractivity contribution in [3.05, 3.63) is 58.4 Å². The first-order valence-corrected chi connectivity index (χ1v) is 11.1. The van der Waals surface area contributed by atoms with Gasteiger partial charge in [-0.3, -0.25) is 14.4 Å². The van der Waals surface area contributed by atoms with Crippen molar-refractivity contribution in [2.75, 3.05) is 19.7 Å². The Morgan fingerprint density at radius 3 is 2.57 bits per heavy atom. The second kappa shape index (κ2) is 8.83. The fraction of sp³-hybridized carbons (Fsp3) is 0.348. The Balaban J connectivity index is 1.50. The number of amides is 1. The Bertz CT molecular complexity index is 1060. The van der Waals surface area contributed by atoms with Gasteiger partial charge in [-0.05, 0) is 37.3 Å². The Morgan fingerprint density at radius 2 is 1.87 bits per heavy atom. The van der Waals surface area contributed by atoms with Gasteiger partial charge in [0.25, 0.3) is 0 Å². The quantitative estimate of drug-likeness (QED) is 0.447. The molecule has 0 radical (unpaired) electrons. The Kier molecular flexibility index (Phi) is 5.99. The third kappa shape index (κ3) is 4.03. The number of fused-ring (bicyclic) bond motifs is 1. The molecule has 1 fully saturated rings. The molecule has 4 rings (SSSR count). The molecule has 0 aliphatic carbocycles. The van der Waals surface area contributed by atoms with Crippen molar-refractivity contribution in [1.82, 2.24) is 9.47 Å². The van der Waals surface area contributed by atoms with Gasteiger partial charge in [0.15, 0.2) is 0 Å². The van der Waals surface area contributed by atoms with E-state index in [1.54, 1.807) is 18.0 Å². The average Bonchev–Trinajstić information content (AvgIpc) is 3.42. The highest BCUT2D eigenvalue weighted by Crippen LogP contribution is 2.26. The predicted octanol–water partition coefficient (Wildman–Crippen LogP) is 3.74. The van der Waals surface area contributed by atoms with E-state index >= 15 is 0 Å². The van der Waals surface area contributed by atoms with Crippen LogP contribution in [0.1, 0.15) is 35.0 Å². The van der Waals surface area contributed by atoms with Crippen molar-refractivity contribution in [3.8, 4) is 0 Å². The van der Waals surface area contributed by atoms with Crippen LogP contribution in [0.2, 0.25) is 0 Å². The van der Waals surface area contributed by atoms with Crippen LogP contribution >= 0.6 is 11.3 Å². The van der Waals surface area contributed by atoms with E-state index in [1.807, 2.05) is 46.3 Å². The van der Waals surface area contributed by atoms with Crippen molar-refractivity contribution < 1.29 is 19.1 Å². The highest BCUT2D eigenvalue weighted by atomic mass is 32.1. The van der Waals surface area contributed by atoms with Crippen molar-refractivity contribution in [1.29, 1.82) is 0 Å². The Morgan fingerprint density at radius 1 is 1.10 bits per heavy atom. The summed E-state index contributed by atoms with van der Waals surface area (Å²) in [6, 6.07) is 11.3. The number of hydrogen-bond donors (Lipinski definition) is 0. The normalized spacial score (nSPS) is 14.8. The van der Waals surface area contributed by atoms with Gasteiger partial charge in [-0.2, -0.15) is 0 Å². The first-order chi connectivity index (χ1) is 14.6. The molecule has 1 aliphatic rings. The van der Waals surface area contributed by atoms with Crippen LogP contribution in [-0.2, 0) is 20.9 Å². The monoisotopic (exact) mass is 424 g/mol. The fourth-order valence-corrected chi connectivity index (χ4v) is 4.65. The van der Waals surface area contributed by atoms with Gasteiger partial charge in [0.2, 0.25) is 11.7 Å². The molecule has 0 unspecified atom stereocenters. The number of rotatable bonds is 6. The summed E-state index contributed by atoms with van der Waals surface area (Å²) >= 11 is 1.41. The summed E-state index contributed by atoms with van der Waals surface area (Å²) in [5, 5.41) is 2.74. The molecule has 156 valence electrons. The molecule has 1 amide bonds. The molecule has 0 N–H and O–H groups in total. The number of benzene rings is 1. The lowest BCUT2D eigenvalue weighted by molar-refractivity contribution is -0.151. The summed E-state index contributed by atoms with van der Waals surface area (Å²) in [6.07, 6.45) is 3.04. The molecule has 3 heterocycles. The molecular weight excluding hydrogens is 400 g/mol. The number of thiophene rings is 1. The third-order valence-corrected chi connectivity index (χ3v) is 6.42. The van der Waals surface area contributed by atoms with Crippen LogP contribution in [0.3, 0.4) is 0 Å². The SMILES string of the molecule is CCOC(=O)C1CCN(C(=O)Cn2cc(C(=O)c3cccs3)c3ccccc32)CC1. The van der Waals surface area contributed by atoms with E-state index in [0.717, 1.165) is 10.9 Å². The topological polar surface area (TPSA) is 68.6 Å². The van der Waals surface area contributed by atoms with Crippen LogP contribution in [0.5, 0.6) is 0 Å². The molecule has 6 nitrogen and oxygen atoms in total. The van der Waals surface area contributed by atoms with Gasteiger partial charge in [-0.15, -0.1) is 11.3 Å². The molecule has 7 heteroatoms. The molecule has 0 atom stereocenters. The van der Waals surface area contributed by atoms with Gasteiger partial charge in [0.05, 0.1) is 17.4 Å². The van der Waals surface area contributed by atoms with E-state index in [2.05, 4.69) is 0 Å². The lowest BCUT2D eigenvalue weighted by Gasteiger charge is -2.31. The zero-order valence-corrected chi connectivity index (χ0v) is 17.7. The molecule has 0 spiro atoms. The van der Waals surface area contributed by atoms with Gasteiger partial charge < -0.3 is 14.2 Å². The summed E-state index contributed by atoms with van der Waals surface area (Å²) in [4.78, 5) is 40.3. The van der Waals surface area contributed by atoms with Crippen LogP contribution in [0, 0.1) is 5.92 Å². The maximum Gasteiger partial charge on any atom is 0.309 e. The molecule has 2 aromatic heterocycles. The van der Waals surface area contributed by atoms with E-state index < -0.39 is 0 Å². The van der Waals surface area contributed by atoms with E-state index in [0.29, 0.717) is 43.0 Å². The van der Waals surface area contributed by atoms with Crippen LogP contribution in [0.15, 0.2) is 48.0 Å². The number of aromatic nitrogens is 1. The van der Waals surface area contributed by atoms with Crippen molar-refractivity contribution in [2.45, 2.75) is 26.3 Å². The minimum absolute atomic E-state index is 0.00631. The fourth-order valence-electron chi connectivity index (χ4n) is 3.97. The van der Waals surface area contributed by atoms with Gasteiger partial charge in [-0.1, -0.05) is 24.3 Å². The van der Waals surface area contributed by atoms with Gasteiger partial charge >= 0.3 is 5.97 Å². The maximum absolute atomic E-state index is 12.9. The maximum atomic E-state index is 12.9. The molecule has 30 heavy (non-hydrogen) atoms. The second-order valence-electron chi connectivity index (χ2n) is 7.40. The van der Waals surface area contributed by atoms with Crippen LogP contribution in [0.4, 0.5) is 0 Å². The highest BCUT2D eigenvalue weighted by molar-refractivity contribution is 7.12. The number of ketones is 1. The standard InChI is InChI=1S/C23H24N2O4S/c1-2-29-23(28)16-9-11-24(12-10-16)21(26)15-25-14-18(17-6-3-4-7-19(17)25)22(27)20-8-5-13-30-20/h3-8,13-14,16H,2,9-12,15H2,1H3. The molecule has 3 aromatic rings. The van der Waals surface area contributed by atoms with Crippen LogP contribution in [0.25, 0.3) is 10.9 Å². The Labute approximate surface area is 179 Å². The first-order valence-electron chi connectivity index (χ1n) is 10.2. The lowest BCUT2D eigenvalue weighted by atomic mass is 9.97. The summed E-state index contributed by atoms with van der Waals surface area (Å²) in [6.45, 7) is 3.44. The van der Waals surface area contributed by atoms with E-state index in [1.165, 1.54) is 11.3 Å². The number of likely N-dealkylation sites (tertiary alicyclic amines) is 1. The highest BCUT2D eigenvalue weighted by Gasteiger charge is 2.28. The summed E-state index contributed by atoms with van der Waals surface area (Å²) in [5.41, 5.74) is 1.48. The van der Waals surface area contributed by atoms with E-state index in [9.17, 15) is 14.4 Å². The number of carbonyl (C=O) groups excluding carboxylic acids is 3. The largest absolute Gasteiger partial charge is 0.466 e. The number of piperidine rings is 1. The minimum Gasteiger partial charge on any atom is -0.466 e. The van der Waals surface area contributed by atoms with Gasteiger partial charge in [-0.25, -0.2) is 0 Å². The van der Waals surface area contributed by atoms with Crippen LogP contribution in [-0.4, -0.2) is 46.8 Å². The van der Waals surface area contributed by atoms with Crippen molar-refractivity contribution in [3.63, 3.8) is 0 Å². The predicted molar refractivity (Wildman–Crippen MR) is 116 cm³/mol. The van der Waals surface area contributed by atoms with E-state index in [4.69, 9.17) is 4.74 Å². The lowest BCUT2D eigenvalue weighted by Crippen LogP contribution is -2.42. The second-order valence-corrected chi connectivity index (χ2v) is 8.35. The molecular formula is C23H24N2O4S. The summed E-state index contributed by atoms with van der Waals surface area (Å²) < 4.78 is 6.96. The van der Waals surface area contributed by atoms with Crippen molar-refractivity contribution >= 4 is 39.9 Å². The first kappa shape index (κ1) is 20.3. The van der Waals surface area contributed by atoms with E-state index in [-0.39, 0.29) is 30.1 Å². The number of nitrogens with zero attached hydrogens (tertiary/aromatic N) is 2. The zero-order valence-electron chi connectivity index (χ0n) is 16.9. The smallest absolute Gasteiger partial charge is 0.309 e. The number of esters is 1. The van der Waals surface area contributed by atoms with Crippen LogP contribution < -0.4 is 0 Å². The average molecular weight is 425 g/mol. The summed E-state index contributed by atoms with van der Waals surface area (Å²) in [5.74, 6) is -0.329. The zero-order chi connectivity index (χ0) is 21.1. The summed E-state index contributed by atoms with van der Waals surface area (Å²) in [7, 11) is 0. The molecule has 0 saturated carbocycles. The number of ether oxygens (including phenoxy) is 1. The molecule has 0 bridgehead atoms. The number of para-hydroxylation sites is 1. The van der Waals surface area contributed by atoms with Crippen molar-refractivity contribution in [2.24, 2.45) is 5.92 Å². The Hall–Kier alpha value is -2.93. The molecule has 1 aromatic carbocycles. The van der Waals surface area contributed by atoms with Gasteiger partial charge in [0, 0.05) is 35.8 Å². The number of hydrogen-bond acceptors (Lipinski definition) is 5. The molecule has 1 aliphatic heterocycles. The number of carbonyl (C=O) groups is 3. The third-order valence-electron chi connectivity index (χ3n) is 5.55. The minimum atomic E-state index is -0.169. The molecule has 1 saturated heterocycles.